The molecule has 0 N–H and O–H groups in total. The SMILES string of the molecule is CC1CSCCN1CCN=[N+]=[N-]. The van der Waals surface area contributed by atoms with Crippen LogP contribution in [0.1, 0.15) is 6.92 Å². The van der Waals surface area contributed by atoms with Gasteiger partial charge in [0.1, 0.15) is 0 Å². The zero-order valence-electron chi connectivity index (χ0n) is 7.31. The van der Waals surface area contributed by atoms with Gasteiger partial charge in [0, 0.05) is 42.1 Å². The van der Waals surface area contributed by atoms with Gasteiger partial charge < -0.3 is 0 Å². The molecule has 1 saturated heterocycles. The second-order valence-electron chi connectivity index (χ2n) is 2.91. The summed E-state index contributed by atoms with van der Waals surface area (Å²) in [5, 5.41) is 3.53. The van der Waals surface area contributed by atoms with Gasteiger partial charge in [-0.3, -0.25) is 4.90 Å². The molecule has 1 unspecified atom stereocenters. The van der Waals surface area contributed by atoms with Gasteiger partial charge in [0.05, 0.1) is 0 Å². The Hall–Kier alpha value is -0.380. The highest BCUT2D eigenvalue weighted by molar-refractivity contribution is 7.99. The van der Waals surface area contributed by atoms with Gasteiger partial charge in [-0.2, -0.15) is 11.8 Å². The highest BCUT2D eigenvalue weighted by Crippen LogP contribution is 2.14. The number of hydrogen-bond donors (Lipinski definition) is 0. The fraction of sp³-hybridized carbons (Fsp3) is 1.00. The van der Waals surface area contributed by atoms with Crippen LogP contribution in [0, 0.1) is 0 Å². The molecule has 12 heavy (non-hydrogen) atoms. The zero-order valence-corrected chi connectivity index (χ0v) is 8.13. The Balaban J connectivity index is 2.24. The molecule has 1 aliphatic heterocycles. The summed E-state index contributed by atoms with van der Waals surface area (Å²) in [4.78, 5) is 5.12. The van der Waals surface area contributed by atoms with Gasteiger partial charge in [-0.1, -0.05) is 5.11 Å². The smallest absolute Gasteiger partial charge is 0.0385 e. The maximum absolute atomic E-state index is 8.10. The quantitative estimate of drug-likeness (QED) is 0.383. The molecule has 4 nitrogen and oxygen atoms in total. The average Bonchev–Trinajstić information content (AvgIpc) is 2.09. The van der Waals surface area contributed by atoms with Crippen molar-refractivity contribution in [1.29, 1.82) is 0 Å². The Morgan fingerprint density at radius 2 is 2.58 bits per heavy atom. The third-order valence-corrected chi connectivity index (χ3v) is 3.25. The number of nitrogens with zero attached hydrogens (tertiary/aromatic N) is 4. The Morgan fingerprint density at radius 3 is 3.25 bits per heavy atom. The molecule has 0 aromatic heterocycles. The molecule has 0 spiro atoms. The van der Waals surface area contributed by atoms with Crippen LogP contribution in [-0.2, 0) is 0 Å². The molecule has 1 aliphatic rings. The van der Waals surface area contributed by atoms with E-state index in [9.17, 15) is 0 Å². The Morgan fingerprint density at radius 1 is 1.75 bits per heavy atom. The van der Waals surface area contributed by atoms with E-state index >= 15 is 0 Å². The van der Waals surface area contributed by atoms with E-state index in [4.69, 9.17) is 5.53 Å². The maximum atomic E-state index is 8.10. The molecule has 68 valence electrons. The normalized spacial score (nSPS) is 24.9. The van der Waals surface area contributed by atoms with E-state index in [-0.39, 0.29) is 0 Å². The average molecular weight is 186 g/mol. The van der Waals surface area contributed by atoms with E-state index in [1.165, 1.54) is 11.5 Å². The first-order chi connectivity index (χ1) is 5.84. The van der Waals surface area contributed by atoms with Crippen LogP contribution in [0.3, 0.4) is 0 Å². The largest absolute Gasteiger partial charge is 0.299 e. The van der Waals surface area contributed by atoms with E-state index in [0.717, 1.165) is 13.1 Å². The highest BCUT2D eigenvalue weighted by Gasteiger charge is 2.16. The topological polar surface area (TPSA) is 52.0 Å². The van der Waals surface area contributed by atoms with E-state index in [0.29, 0.717) is 12.6 Å². The molecule has 5 heteroatoms. The summed E-state index contributed by atoms with van der Waals surface area (Å²) in [5.41, 5.74) is 8.10. The molecule has 0 aromatic rings. The third-order valence-electron chi connectivity index (χ3n) is 2.06. The van der Waals surface area contributed by atoms with Crippen LogP contribution >= 0.6 is 11.8 Å². The van der Waals surface area contributed by atoms with Gasteiger partial charge in [0.2, 0.25) is 0 Å². The zero-order chi connectivity index (χ0) is 8.81. The van der Waals surface area contributed by atoms with Crippen LogP contribution in [0.25, 0.3) is 10.4 Å². The predicted octanol–water partition coefficient (Wildman–Crippen LogP) is 1.73. The molecule has 0 aromatic carbocycles. The Labute approximate surface area is 76.9 Å². The van der Waals surface area contributed by atoms with Crippen molar-refractivity contribution in [3.8, 4) is 0 Å². The Kier molecular flexibility index (Phi) is 4.29. The molecule has 1 atom stereocenters. The monoisotopic (exact) mass is 186 g/mol. The summed E-state index contributed by atoms with van der Waals surface area (Å²) in [5.74, 6) is 2.41. The molecule has 0 bridgehead atoms. The van der Waals surface area contributed by atoms with Crippen LogP contribution in [0.4, 0.5) is 0 Å². The molecule has 1 rings (SSSR count). The predicted molar refractivity (Wildman–Crippen MR) is 52.4 cm³/mol. The minimum atomic E-state index is 0.603. The molecule has 0 saturated carbocycles. The lowest BCUT2D eigenvalue weighted by Gasteiger charge is -2.32. The second-order valence-corrected chi connectivity index (χ2v) is 4.06. The lowest BCUT2D eigenvalue weighted by atomic mass is 10.3. The summed E-state index contributed by atoms with van der Waals surface area (Å²) in [7, 11) is 0. The summed E-state index contributed by atoms with van der Waals surface area (Å²) >= 11 is 2.00. The lowest BCUT2D eigenvalue weighted by molar-refractivity contribution is 0.239. The second kappa shape index (κ2) is 5.30. The van der Waals surface area contributed by atoms with E-state index < -0.39 is 0 Å². The van der Waals surface area contributed by atoms with Crippen LogP contribution < -0.4 is 0 Å². The standard InChI is InChI=1S/C7H14N4S/c1-7-6-12-5-4-11(7)3-2-9-10-8/h7H,2-6H2,1H3. The number of thioether (sulfide) groups is 1. The molecule has 0 aliphatic carbocycles. The van der Waals surface area contributed by atoms with Gasteiger partial charge in [0.25, 0.3) is 0 Å². The van der Waals surface area contributed by atoms with Crippen molar-refractivity contribution in [3.05, 3.63) is 10.4 Å². The minimum absolute atomic E-state index is 0.603. The van der Waals surface area contributed by atoms with Crippen molar-refractivity contribution in [2.24, 2.45) is 5.11 Å². The first-order valence-corrected chi connectivity index (χ1v) is 5.32. The first-order valence-electron chi connectivity index (χ1n) is 4.17. The van der Waals surface area contributed by atoms with Crippen molar-refractivity contribution in [1.82, 2.24) is 4.90 Å². The molecule has 1 fully saturated rings. The fourth-order valence-corrected chi connectivity index (χ4v) is 2.39. The van der Waals surface area contributed by atoms with E-state index in [1.54, 1.807) is 0 Å². The number of hydrogen-bond acceptors (Lipinski definition) is 3. The van der Waals surface area contributed by atoms with Gasteiger partial charge in [-0.05, 0) is 12.5 Å². The van der Waals surface area contributed by atoms with Gasteiger partial charge >= 0.3 is 0 Å². The summed E-state index contributed by atoms with van der Waals surface area (Å²) in [6.45, 7) is 4.87. The number of azide groups is 1. The number of rotatable bonds is 3. The van der Waals surface area contributed by atoms with Crippen molar-refractivity contribution >= 4 is 11.8 Å². The van der Waals surface area contributed by atoms with E-state index in [1.807, 2.05) is 11.8 Å². The van der Waals surface area contributed by atoms with Gasteiger partial charge in [-0.15, -0.1) is 0 Å². The Bertz CT molecular complexity index is 178. The van der Waals surface area contributed by atoms with Crippen molar-refractivity contribution < 1.29 is 0 Å². The summed E-state index contributed by atoms with van der Waals surface area (Å²) in [6, 6.07) is 0.637. The molecular weight excluding hydrogens is 172 g/mol. The minimum Gasteiger partial charge on any atom is -0.299 e. The lowest BCUT2D eigenvalue weighted by Crippen LogP contribution is -2.41. The maximum Gasteiger partial charge on any atom is 0.0385 e. The summed E-state index contributed by atoms with van der Waals surface area (Å²) < 4.78 is 0. The van der Waals surface area contributed by atoms with Crippen molar-refractivity contribution in [2.75, 3.05) is 31.1 Å². The van der Waals surface area contributed by atoms with Crippen LogP contribution in [0.15, 0.2) is 5.11 Å². The third kappa shape index (κ3) is 2.93. The van der Waals surface area contributed by atoms with Crippen LogP contribution in [0.5, 0.6) is 0 Å². The summed E-state index contributed by atoms with van der Waals surface area (Å²) in [6.07, 6.45) is 0. The fourth-order valence-electron chi connectivity index (χ4n) is 1.31. The van der Waals surface area contributed by atoms with Gasteiger partial charge in [0.15, 0.2) is 0 Å². The van der Waals surface area contributed by atoms with Crippen LogP contribution in [0.2, 0.25) is 0 Å². The highest BCUT2D eigenvalue weighted by atomic mass is 32.2. The van der Waals surface area contributed by atoms with Crippen molar-refractivity contribution in [3.63, 3.8) is 0 Å². The van der Waals surface area contributed by atoms with Crippen LogP contribution in [-0.4, -0.2) is 42.1 Å². The molecule has 0 amide bonds. The van der Waals surface area contributed by atoms with E-state index in [2.05, 4.69) is 21.8 Å². The molecule has 1 heterocycles. The first kappa shape index (κ1) is 9.71. The molecule has 0 radical (unpaired) electrons. The molecular formula is C7H14N4S. The van der Waals surface area contributed by atoms with Gasteiger partial charge in [-0.25, -0.2) is 0 Å². The van der Waals surface area contributed by atoms with Crippen molar-refractivity contribution in [2.45, 2.75) is 13.0 Å².